The number of rotatable bonds is 2. The molecule has 2 rings (SSSR count). The summed E-state index contributed by atoms with van der Waals surface area (Å²) < 4.78 is 5.29. The monoisotopic (exact) mass is 220 g/mol. The molecule has 0 atom stereocenters. The van der Waals surface area contributed by atoms with E-state index in [-0.39, 0.29) is 17.9 Å². The van der Waals surface area contributed by atoms with Crippen LogP contribution in [0.2, 0.25) is 0 Å². The molecule has 0 aliphatic carbocycles. The van der Waals surface area contributed by atoms with Crippen molar-refractivity contribution in [1.82, 2.24) is 0 Å². The third kappa shape index (κ3) is 1.88. The molecular weight excluding hydrogens is 204 g/mol. The van der Waals surface area contributed by atoms with Crippen molar-refractivity contribution in [3.05, 3.63) is 23.8 Å². The van der Waals surface area contributed by atoms with Gasteiger partial charge < -0.3 is 15.8 Å². The van der Waals surface area contributed by atoms with Gasteiger partial charge in [-0.3, -0.25) is 4.79 Å². The molecule has 1 aromatic rings. The Hall–Kier alpha value is -1.55. The van der Waals surface area contributed by atoms with Crippen LogP contribution in [-0.4, -0.2) is 19.1 Å². The molecular formula is C12H16N2O2. The van der Waals surface area contributed by atoms with Gasteiger partial charge in [0.25, 0.3) is 5.91 Å². The normalized spacial score (nSPS) is 15.1. The molecule has 0 saturated carbocycles. The fraction of sp³-hybridized carbons (Fsp3) is 0.417. The molecule has 16 heavy (non-hydrogen) atoms. The van der Waals surface area contributed by atoms with Gasteiger partial charge in [-0.1, -0.05) is 19.9 Å². The maximum Gasteiger partial charge on any atom is 0.262 e. The number of carbonyl (C=O) groups excluding carboxylic acids is 1. The lowest BCUT2D eigenvalue weighted by molar-refractivity contribution is -0.118. The van der Waals surface area contributed by atoms with E-state index < -0.39 is 0 Å². The summed E-state index contributed by atoms with van der Waals surface area (Å²) in [5, 5.41) is 2.79. The minimum atomic E-state index is -0.116. The highest BCUT2D eigenvalue weighted by Crippen LogP contribution is 2.32. The van der Waals surface area contributed by atoms with E-state index in [0.717, 1.165) is 17.0 Å². The van der Waals surface area contributed by atoms with Crippen LogP contribution in [0.1, 0.15) is 19.4 Å². The summed E-state index contributed by atoms with van der Waals surface area (Å²) in [5.41, 5.74) is 7.45. The van der Waals surface area contributed by atoms with E-state index in [4.69, 9.17) is 10.5 Å². The lowest BCUT2D eigenvalue weighted by Gasteiger charge is -2.26. The molecule has 1 amide bonds. The highest BCUT2D eigenvalue weighted by atomic mass is 16.5. The molecule has 4 nitrogen and oxygen atoms in total. The minimum Gasteiger partial charge on any atom is -0.482 e. The Morgan fingerprint density at radius 1 is 1.50 bits per heavy atom. The Balaban J connectivity index is 2.38. The number of nitrogens with two attached hydrogens (primary N) is 1. The van der Waals surface area contributed by atoms with Gasteiger partial charge in [-0.15, -0.1) is 0 Å². The standard InChI is InChI=1S/C12H16N2O2/c1-12(2,7-13)8-3-4-10-9(5-8)14-11(15)6-16-10/h3-5H,6-7,13H2,1-2H3,(H,14,15). The maximum absolute atomic E-state index is 11.2. The minimum absolute atomic E-state index is 0.0899. The largest absolute Gasteiger partial charge is 0.482 e. The molecule has 1 aromatic carbocycles. The van der Waals surface area contributed by atoms with Gasteiger partial charge in [-0.25, -0.2) is 0 Å². The van der Waals surface area contributed by atoms with Gasteiger partial charge >= 0.3 is 0 Å². The zero-order valence-electron chi connectivity index (χ0n) is 9.54. The fourth-order valence-electron chi connectivity index (χ4n) is 1.62. The molecule has 4 heteroatoms. The zero-order valence-corrected chi connectivity index (χ0v) is 9.54. The molecule has 0 unspecified atom stereocenters. The number of amides is 1. The highest BCUT2D eigenvalue weighted by Gasteiger charge is 2.22. The van der Waals surface area contributed by atoms with Gasteiger partial charge in [0.05, 0.1) is 5.69 Å². The molecule has 1 aliphatic rings. The summed E-state index contributed by atoms with van der Waals surface area (Å²) >= 11 is 0. The maximum atomic E-state index is 11.2. The molecule has 0 radical (unpaired) electrons. The number of benzene rings is 1. The molecule has 0 spiro atoms. The third-order valence-electron chi connectivity index (χ3n) is 2.90. The van der Waals surface area contributed by atoms with Crippen LogP contribution in [0.4, 0.5) is 5.69 Å². The van der Waals surface area contributed by atoms with Crippen LogP contribution in [0.5, 0.6) is 5.75 Å². The molecule has 0 aromatic heterocycles. The van der Waals surface area contributed by atoms with E-state index in [1.54, 1.807) is 0 Å². The topological polar surface area (TPSA) is 64.3 Å². The van der Waals surface area contributed by atoms with Gasteiger partial charge in [-0.2, -0.15) is 0 Å². The molecule has 1 aliphatic heterocycles. The van der Waals surface area contributed by atoms with Gasteiger partial charge in [0, 0.05) is 12.0 Å². The van der Waals surface area contributed by atoms with Gasteiger partial charge in [0.2, 0.25) is 0 Å². The number of carbonyl (C=O) groups is 1. The molecule has 3 N–H and O–H groups in total. The average molecular weight is 220 g/mol. The molecule has 86 valence electrons. The van der Waals surface area contributed by atoms with Crippen LogP contribution in [0.3, 0.4) is 0 Å². The number of hydrogen-bond acceptors (Lipinski definition) is 3. The van der Waals surface area contributed by atoms with Crippen LogP contribution in [0, 0.1) is 0 Å². The first-order valence-corrected chi connectivity index (χ1v) is 5.30. The van der Waals surface area contributed by atoms with Crippen molar-refractivity contribution >= 4 is 11.6 Å². The summed E-state index contributed by atoms with van der Waals surface area (Å²) in [7, 11) is 0. The van der Waals surface area contributed by atoms with E-state index in [2.05, 4.69) is 19.2 Å². The van der Waals surface area contributed by atoms with Crippen molar-refractivity contribution in [3.8, 4) is 5.75 Å². The fourth-order valence-corrected chi connectivity index (χ4v) is 1.62. The number of anilines is 1. The number of fused-ring (bicyclic) bond motifs is 1. The second kappa shape index (κ2) is 3.79. The second-order valence-corrected chi connectivity index (χ2v) is 4.64. The van der Waals surface area contributed by atoms with Crippen LogP contribution in [-0.2, 0) is 10.2 Å². The molecule has 1 heterocycles. The van der Waals surface area contributed by atoms with Crippen molar-refractivity contribution in [2.24, 2.45) is 5.73 Å². The van der Waals surface area contributed by atoms with E-state index in [1.165, 1.54) is 0 Å². The van der Waals surface area contributed by atoms with Gasteiger partial charge in [-0.05, 0) is 17.7 Å². The predicted octanol–water partition coefficient (Wildman–Crippen LogP) is 1.25. The van der Waals surface area contributed by atoms with Crippen LogP contribution >= 0.6 is 0 Å². The van der Waals surface area contributed by atoms with E-state index in [0.29, 0.717) is 6.54 Å². The van der Waals surface area contributed by atoms with Gasteiger partial charge in [0.1, 0.15) is 5.75 Å². The Labute approximate surface area is 94.8 Å². The summed E-state index contributed by atoms with van der Waals surface area (Å²) in [6.07, 6.45) is 0. The van der Waals surface area contributed by atoms with E-state index >= 15 is 0 Å². The molecule has 0 bridgehead atoms. The van der Waals surface area contributed by atoms with E-state index in [9.17, 15) is 4.79 Å². The van der Waals surface area contributed by atoms with Crippen molar-refractivity contribution in [1.29, 1.82) is 0 Å². The molecule has 0 saturated heterocycles. The summed E-state index contributed by atoms with van der Waals surface area (Å²) in [4.78, 5) is 11.2. The Kier molecular flexibility index (Phi) is 2.59. The van der Waals surface area contributed by atoms with Crippen molar-refractivity contribution in [2.45, 2.75) is 19.3 Å². The summed E-state index contributed by atoms with van der Waals surface area (Å²) in [6, 6.07) is 5.80. The number of nitrogens with one attached hydrogen (secondary N) is 1. The quantitative estimate of drug-likeness (QED) is 0.788. The van der Waals surface area contributed by atoms with Crippen molar-refractivity contribution in [3.63, 3.8) is 0 Å². The lowest BCUT2D eigenvalue weighted by Crippen LogP contribution is -2.29. The number of hydrogen-bond donors (Lipinski definition) is 2. The second-order valence-electron chi connectivity index (χ2n) is 4.64. The van der Waals surface area contributed by atoms with Gasteiger partial charge in [0.15, 0.2) is 6.61 Å². The summed E-state index contributed by atoms with van der Waals surface area (Å²) in [5.74, 6) is 0.603. The third-order valence-corrected chi connectivity index (χ3v) is 2.90. The predicted molar refractivity (Wildman–Crippen MR) is 62.6 cm³/mol. The SMILES string of the molecule is CC(C)(CN)c1ccc2c(c1)NC(=O)CO2. The van der Waals surface area contributed by atoms with Crippen molar-refractivity contribution < 1.29 is 9.53 Å². The van der Waals surface area contributed by atoms with Crippen LogP contribution in [0.25, 0.3) is 0 Å². The summed E-state index contributed by atoms with van der Waals surface area (Å²) in [6.45, 7) is 4.79. The Bertz CT molecular complexity index is 427. The average Bonchev–Trinajstić information content (AvgIpc) is 2.28. The highest BCUT2D eigenvalue weighted by molar-refractivity contribution is 5.95. The Morgan fingerprint density at radius 2 is 2.25 bits per heavy atom. The lowest BCUT2D eigenvalue weighted by atomic mass is 9.84. The smallest absolute Gasteiger partial charge is 0.262 e. The van der Waals surface area contributed by atoms with Crippen LogP contribution in [0.15, 0.2) is 18.2 Å². The molecule has 0 fully saturated rings. The Morgan fingerprint density at radius 3 is 2.94 bits per heavy atom. The first kappa shape index (κ1) is 11.0. The first-order chi connectivity index (χ1) is 7.53. The van der Waals surface area contributed by atoms with Crippen LogP contribution < -0.4 is 15.8 Å². The zero-order chi connectivity index (χ0) is 11.8. The van der Waals surface area contributed by atoms with Crippen molar-refractivity contribution in [2.75, 3.05) is 18.5 Å². The first-order valence-electron chi connectivity index (χ1n) is 5.30. The number of ether oxygens (including phenoxy) is 1. The van der Waals surface area contributed by atoms with E-state index in [1.807, 2.05) is 18.2 Å².